The smallest absolute Gasteiger partial charge is 0.123 e. The summed E-state index contributed by atoms with van der Waals surface area (Å²) < 4.78 is 5.45. The van der Waals surface area contributed by atoms with E-state index >= 15 is 0 Å². The van der Waals surface area contributed by atoms with Crippen molar-refractivity contribution in [2.24, 2.45) is 11.7 Å². The van der Waals surface area contributed by atoms with Gasteiger partial charge >= 0.3 is 0 Å². The average molecular weight is 276 g/mol. The van der Waals surface area contributed by atoms with E-state index < -0.39 is 0 Å². The maximum atomic E-state index is 6.42. The Kier molecular flexibility index (Phi) is 5.44. The first-order chi connectivity index (χ1) is 9.63. The third-order valence-corrected chi connectivity index (χ3v) is 4.31. The van der Waals surface area contributed by atoms with Crippen LogP contribution in [0.15, 0.2) is 18.2 Å². The lowest BCUT2D eigenvalue weighted by Gasteiger charge is -2.23. The molecule has 2 rings (SSSR count). The van der Waals surface area contributed by atoms with Crippen molar-refractivity contribution >= 4 is 0 Å². The van der Waals surface area contributed by atoms with E-state index in [0.717, 1.165) is 23.8 Å². The minimum atomic E-state index is 0.0326. The predicted octanol–water partition coefficient (Wildman–Crippen LogP) is 3.13. The van der Waals surface area contributed by atoms with Crippen molar-refractivity contribution in [3.63, 3.8) is 0 Å². The van der Waals surface area contributed by atoms with Crippen molar-refractivity contribution in [1.29, 1.82) is 0 Å². The topological polar surface area (TPSA) is 38.5 Å². The Hall–Kier alpha value is -1.06. The molecule has 112 valence electrons. The second kappa shape index (κ2) is 7.09. The molecule has 1 aromatic rings. The molecule has 0 bridgehead atoms. The van der Waals surface area contributed by atoms with Crippen molar-refractivity contribution in [3.8, 4) is 5.75 Å². The van der Waals surface area contributed by atoms with Gasteiger partial charge in [0.15, 0.2) is 0 Å². The highest BCUT2D eigenvalue weighted by molar-refractivity contribution is 5.39. The van der Waals surface area contributed by atoms with Gasteiger partial charge in [-0.05, 0) is 38.3 Å². The maximum absolute atomic E-state index is 6.42. The molecule has 0 radical (unpaired) electrons. The molecular formula is C17H28N2O. The van der Waals surface area contributed by atoms with Crippen LogP contribution in [0.5, 0.6) is 5.75 Å². The average Bonchev–Trinajstić information content (AvgIpc) is 2.86. The highest BCUT2D eigenvalue weighted by Crippen LogP contribution is 2.28. The fourth-order valence-electron chi connectivity index (χ4n) is 3.24. The van der Waals surface area contributed by atoms with Gasteiger partial charge in [0.05, 0.1) is 7.11 Å². The second-order valence-corrected chi connectivity index (χ2v) is 6.05. The zero-order chi connectivity index (χ0) is 14.5. The molecular weight excluding hydrogens is 248 g/mol. The number of aryl methyl sites for hydroxylation is 1. The number of hydrogen-bond acceptors (Lipinski definition) is 3. The summed E-state index contributed by atoms with van der Waals surface area (Å²) in [6.45, 7) is 7.69. The summed E-state index contributed by atoms with van der Waals surface area (Å²) in [5.74, 6) is 1.78. The lowest BCUT2D eigenvalue weighted by Crippen LogP contribution is -2.30. The van der Waals surface area contributed by atoms with Gasteiger partial charge in [-0.2, -0.15) is 0 Å². The third kappa shape index (κ3) is 3.74. The lowest BCUT2D eigenvalue weighted by atomic mass is 10.0. The quantitative estimate of drug-likeness (QED) is 0.867. The minimum Gasteiger partial charge on any atom is -0.496 e. The molecule has 1 aliphatic rings. The molecule has 1 fully saturated rings. The molecule has 0 aromatic heterocycles. The monoisotopic (exact) mass is 276 g/mol. The SMILES string of the molecule is CCCC1CCN(CC(N)c2cc(C)ccc2OC)C1. The highest BCUT2D eigenvalue weighted by Gasteiger charge is 2.24. The van der Waals surface area contributed by atoms with Crippen LogP contribution in [0.3, 0.4) is 0 Å². The molecule has 0 saturated carbocycles. The number of rotatable bonds is 6. The van der Waals surface area contributed by atoms with E-state index in [1.165, 1.54) is 37.9 Å². The van der Waals surface area contributed by atoms with Crippen molar-refractivity contribution in [1.82, 2.24) is 4.90 Å². The van der Waals surface area contributed by atoms with E-state index in [9.17, 15) is 0 Å². The first-order valence-corrected chi connectivity index (χ1v) is 7.76. The summed E-state index contributed by atoms with van der Waals surface area (Å²) in [6, 6.07) is 6.28. The van der Waals surface area contributed by atoms with E-state index in [1.807, 2.05) is 6.07 Å². The number of likely N-dealkylation sites (tertiary alicyclic amines) is 1. The van der Waals surface area contributed by atoms with Gasteiger partial charge in [-0.1, -0.05) is 31.0 Å². The molecule has 3 heteroatoms. The lowest BCUT2D eigenvalue weighted by molar-refractivity contribution is 0.297. The van der Waals surface area contributed by atoms with Gasteiger partial charge in [0.2, 0.25) is 0 Å². The Morgan fingerprint density at radius 2 is 2.25 bits per heavy atom. The molecule has 0 amide bonds. The number of hydrogen-bond donors (Lipinski definition) is 1. The van der Waals surface area contributed by atoms with Gasteiger partial charge in [-0.15, -0.1) is 0 Å². The molecule has 3 nitrogen and oxygen atoms in total. The van der Waals surface area contributed by atoms with Gasteiger partial charge in [-0.3, -0.25) is 0 Å². The van der Waals surface area contributed by atoms with Gasteiger partial charge < -0.3 is 15.4 Å². The van der Waals surface area contributed by atoms with Crippen molar-refractivity contribution in [3.05, 3.63) is 29.3 Å². The summed E-state index contributed by atoms with van der Waals surface area (Å²) in [4.78, 5) is 2.51. The Labute approximate surface area is 123 Å². The normalized spacial score (nSPS) is 21.1. The molecule has 2 N–H and O–H groups in total. The van der Waals surface area contributed by atoms with Gasteiger partial charge in [0, 0.05) is 24.7 Å². The van der Waals surface area contributed by atoms with Crippen LogP contribution >= 0.6 is 0 Å². The first kappa shape index (κ1) is 15.3. The molecule has 0 spiro atoms. The summed E-state index contributed by atoms with van der Waals surface area (Å²) >= 11 is 0. The fourth-order valence-corrected chi connectivity index (χ4v) is 3.24. The van der Waals surface area contributed by atoms with E-state index in [2.05, 4.69) is 30.9 Å². The Morgan fingerprint density at radius 1 is 1.45 bits per heavy atom. The molecule has 20 heavy (non-hydrogen) atoms. The second-order valence-electron chi connectivity index (χ2n) is 6.05. The molecule has 2 unspecified atom stereocenters. The van der Waals surface area contributed by atoms with Crippen LogP contribution in [0.25, 0.3) is 0 Å². The highest BCUT2D eigenvalue weighted by atomic mass is 16.5. The number of nitrogens with zero attached hydrogens (tertiary/aromatic N) is 1. The van der Waals surface area contributed by atoms with E-state index in [1.54, 1.807) is 7.11 Å². The van der Waals surface area contributed by atoms with Crippen molar-refractivity contribution in [2.75, 3.05) is 26.7 Å². The molecule has 0 aliphatic carbocycles. The predicted molar refractivity (Wildman–Crippen MR) is 84.1 cm³/mol. The van der Waals surface area contributed by atoms with Crippen LogP contribution in [-0.2, 0) is 0 Å². The van der Waals surface area contributed by atoms with E-state index in [4.69, 9.17) is 10.5 Å². The van der Waals surface area contributed by atoms with Crippen LogP contribution in [0.4, 0.5) is 0 Å². The fraction of sp³-hybridized carbons (Fsp3) is 0.647. The zero-order valence-electron chi connectivity index (χ0n) is 13.1. The van der Waals surface area contributed by atoms with Gasteiger partial charge in [0.25, 0.3) is 0 Å². The van der Waals surface area contributed by atoms with Crippen LogP contribution in [-0.4, -0.2) is 31.6 Å². The van der Waals surface area contributed by atoms with Gasteiger partial charge in [0.1, 0.15) is 5.75 Å². The van der Waals surface area contributed by atoms with E-state index in [-0.39, 0.29) is 6.04 Å². The summed E-state index contributed by atoms with van der Waals surface area (Å²) in [7, 11) is 1.72. The summed E-state index contributed by atoms with van der Waals surface area (Å²) in [5.41, 5.74) is 8.79. The van der Waals surface area contributed by atoms with E-state index in [0.29, 0.717) is 0 Å². The van der Waals surface area contributed by atoms with Crippen LogP contribution in [0, 0.1) is 12.8 Å². The Balaban J connectivity index is 1.98. The maximum Gasteiger partial charge on any atom is 0.123 e. The molecule has 2 atom stereocenters. The van der Waals surface area contributed by atoms with Crippen LogP contribution in [0.1, 0.15) is 43.4 Å². The number of nitrogens with two attached hydrogens (primary N) is 1. The van der Waals surface area contributed by atoms with Crippen LogP contribution in [0.2, 0.25) is 0 Å². The van der Waals surface area contributed by atoms with Crippen molar-refractivity contribution < 1.29 is 4.74 Å². The van der Waals surface area contributed by atoms with Crippen LogP contribution < -0.4 is 10.5 Å². The number of ether oxygens (including phenoxy) is 1. The summed E-state index contributed by atoms with van der Waals surface area (Å²) in [6.07, 6.45) is 3.96. The minimum absolute atomic E-state index is 0.0326. The molecule has 1 aliphatic heterocycles. The Morgan fingerprint density at radius 3 is 2.95 bits per heavy atom. The number of methoxy groups -OCH3 is 1. The molecule has 1 saturated heterocycles. The third-order valence-electron chi connectivity index (χ3n) is 4.31. The molecule has 1 aromatic carbocycles. The zero-order valence-corrected chi connectivity index (χ0v) is 13.1. The standard InChI is InChI=1S/C17H28N2O/c1-4-5-14-8-9-19(11-14)12-16(18)15-10-13(2)6-7-17(15)20-3/h6-7,10,14,16H,4-5,8-9,11-12,18H2,1-3H3. The largest absolute Gasteiger partial charge is 0.496 e. The molecule has 1 heterocycles. The summed E-state index contributed by atoms with van der Waals surface area (Å²) in [5, 5.41) is 0. The van der Waals surface area contributed by atoms with Gasteiger partial charge in [-0.25, -0.2) is 0 Å². The Bertz CT molecular complexity index is 433. The number of benzene rings is 1. The van der Waals surface area contributed by atoms with Crippen molar-refractivity contribution in [2.45, 2.75) is 39.2 Å². The first-order valence-electron chi connectivity index (χ1n) is 7.76.